The van der Waals surface area contributed by atoms with Crippen LogP contribution in [0.15, 0.2) is 28.8 Å². The number of methoxy groups -OCH3 is 1. The third-order valence-corrected chi connectivity index (χ3v) is 3.78. The molecule has 112 valence electrons. The Bertz CT molecular complexity index is 630. The van der Waals surface area contributed by atoms with E-state index in [0.717, 1.165) is 11.5 Å². The highest BCUT2D eigenvalue weighted by molar-refractivity contribution is 7.99. The molecule has 1 aromatic heterocycles. The van der Waals surface area contributed by atoms with Crippen molar-refractivity contribution in [3.63, 3.8) is 0 Å². The number of nitrogens with one attached hydrogen (secondary N) is 1. The molecule has 5 nitrogen and oxygen atoms in total. The van der Waals surface area contributed by atoms with Gasteiger partial charge in [-0.15, -0.1) is 11.8 Å². The first-order chi connectivity index (χ1) is 10.1. The van der Waals surface area contributed by atoms with E-state index in [4.69, 9.17) is 20.9 Å². The van der Waals surface area contributed by atoms with Crippen LogP contribution >= 0.6 is 23.4 Å². The molecule has 2 rings (SSSR count). The van der Waals surface area contributed by atoms with E-state index in [1.54, 1.807) is 25.3 Å². The molecule has 1 heterocycles. The van der Waals surface area contributed by atoms with Crippen LogP contribution in [0.2, 0.25) is 5.02 Å². The first-order valence-electron chi connectivity index (χ1n) is 6.22. The Morgan fingerprint density at radius 3 is 2.95 bits per heavy atom. The summed E-state index contributed by atoms with van der Waals surface area (Å²) in [6, 6.07) is 6.92. The summed E-state index contributed by atoms with van der Waals surface area (Å²) in [5.41, 5.74) is 1.39. The second-order valence-electron chi connectivity index (χ2n) is 4.32. The topological polar surface area (TPSA) is 64.4 Å². The number of nitrogens with zero attached hydrogens (tertiary/aromatic N) is 1. The number of hydrogen-bond acceptors (Lipinski definition) is 5. The van der Waals surface area contributed by atoms with Crippen LogP contribution < -0.4 is 10.1 Å². The van der Waals surface area contributed by atoms with E-state index >= 15 is 0 Å². The van der Waals surface area contributed by atoms with Crippen molar-refractivity contribution in [2.45, 2.75) is 12.7 Å². The lowest BCUT2D eigenvalue weighted by atomic mass is 10.3. The van der Waals surface area contributed by atoms with Gasteiger partial charge in [-0.1, -0.05) is 16.8 Å². The minimum absolute atomic E-state index is 0.128. The SMILES string of the molecule is COc1ccc(Cl)cc1NC(=O)CSCc1cc(C)no1. The summed E-state index contributed by atoms with van der Waals surface area (Å²) in [6.45, 7) is 1.86. The van der Waals surface area contributed by atoms with Gasteiger partial charge in [-0.3, -0.25) is 4.79 Å². The van der Waals surface area contributed by atoms with Crippen LogP contribution in [0.4, 0.5) is 5.69 Å². The summed E-state index contributed by atoms with van der Waals surface area (Å²) >= 11 is 7.36. The van der Waals surface area contributed by atoms with Crippen LogP contribution in [-0.4, -0.2) is 23.9 Å². The molecular weight excluding hydrogens is 312 g/mol. The van der Waals surface area contributed by atoms with E-state index in [1.165, 1.54) is 11.8 Å². The summed E-state index contributed by atoms with van der Waals surface area (Å²) in [7, 11) is 1.54. The monoisotopic (exact) mass is 326 g/mol. The van der Waals surface area contributed by atoms with Crippen molar-refractivity contribution < 1.29 is 14.1 Å². The second-order valence-corrected chi connectivity index (χ2v) is 5.74. The van der Waals surface area contributed by atoms with Gasteiger partial charge in [-0.2, -0.15) is 0 Å². The first-order valence-corrected chi connectivity index (χ1v) is 7.75. The Balaban J connectivity index is 1.85. The molecule has 0 saturated carbocycles. The summed E-state index contributed by atoms with van der Waals surface area (Å²) in [5, 5.41) is 7.11. The van der Waals surface area contributed by atoms with Crippen molar-refractivity contribution in [2.75, 3.05) is 18.2 Å². The number of carbonyl (C=O) groups excluding carboxylic acids is 1. The number of halogens is 1. The molecule has 1 aromatic carbocycles. The van der Waals surface area contributed by atoms with Gasteiger partial charge in [0.1, 0.15) is 11.5 Å². The van der Waals surface area contributed by atoms with E-state index in [-0.39, 0.29) is 5.91 Å². The molecule has 1 N–H and O–H groups in total. The molecule has 0 bridgehead atoms. The van der Waals surface area contributed by atoms with Crippen LogP contribution in [0.5, 0.6) is 5.75 Å². The largest absolute Gasteiger partial charge is 0.495 e. The predicted octanol–water partition coefficient (Wildman–Crippen LogP) is 3.52. The molecule has 0 spiro atoms. The van der Waals surface area contributed by atoms with Crippen LogP contribution in [0.1, 0.15) is 11.5 Å². The maximum absolute atomic E-state index is 11.9. The fourth-order valence-corrected chi connectivity index (χ4v) is 2.56. The lowest BCUT2D eigenvalue weighted by molar-refractivity contribution is -0.113. The standard InChI is InChI=1S/C14H15ClN2O3S/c1-9-5-11(20-17-9)7-21-8-14(18)16-12-6-10(15)3-4-13(12)19-2/h3-6H,7-8H2,1-2H3,(H,16,18). The number of amides is 1. The highest BCUT2D eigenvalue weighted by atomic mass is 35.5. The molecule has 0 aliphatic heterocycles. The second kappa shape index (κ2) is 7.38. The molecule has 0 aliphatic rings. The molecule has 0 unspecified atom stereocenters. The van der Waals surface area contributed by atoms with Crippen molar-refractivity contribution >= 4 is 35.0 Å². The van der Waals surface area contributed by atoms with Gasteiger partial charge in [-0.25, -0.2) is 0 Å². The zero-order chi connectivity index (χ0) is 15.2. The van der Waals surface area contributed by atoms with E-state index in [9.17, 15) is 4.79 Å². The number of aromatic nitrogens is 1. The molecule has 0 fully saturated rings. The molecule has 2 aromatic rings. The summed E-state index contributed by atoms with van der Waals surface area (Å²) < 4.78 is 10.3. The summed E-state index contributed by atoms with van der Waals surface area (Å²) in [5.74, 6) is 2.10. The van der Waals surface area contributed by atoms with Gasteiger partial charge in [0, 0.05) is 11.1 Å². The smallest absolute Gasteiger partial charge is 0.234 e. The van der Waals surface area contributed by atoms with Gasteiger partial charge in [0.15, 0.2) is 0 Å². The Morgan fingerprint density at radius 2 is 2.29 bits per heavy atom. The molecular formula is C14H15ClN2O3S. The normalized spacial score (nSPS) is 10.4. The Labute approximate surface area is 132 Å². The maximum Gasteiger partial charge on any atom is 0.234 e. The number of rotatable bonds is 6. The minimum atomic E-state index is -0.128. The zero-order valence-electron chi connectivity index (χ0n) is 11.7. The van der Waals surface area contributed by atoms with E-state index in [1.807, 2.05) is 13.0 Å². The Morgan fingerprint density at radius 1 is 1.48 bits per heavy atom. The Kier molecular flexibility index (Phi) is 5.52. The van der Waals surface area contributed by atoms with Crippen molar-refractivity contribution in [1.29, 1.82) is 0 Å². The number of carbonyl (C=O) groups is 1. The van der Waals surface area contributed by atoms with E-state index < -0.39 is 0 Å². The summed E-state index contributed by atoms with van der Waals surface area (Å²) in [6.07, 6.45) is 0. The van der Waals surface area contributed by atoms with Crippen LogP contribution in [0, 0.1) is 6.92 Å². The van der Waals surface area contributed by atoms with Crippen molar-refractivity contribution in [2.24, 2.45) is 0 Å². The van der Waals surface area contributed by atoms with E-state index in [0.29, 0.717) is 28.0 Å². The Hall–Kier alpha value is -1.66. The number of hydrogen-bond donors (Lipinski definition) is 1. The molecule has 0 aliphatic carbocycles. The number of anilines is 1. The third kappa shape index (κ3) is 4.68. The van der Waals surface area contributed by atoms with Gasteiger partial charge in [0.05, 0.1) is 30.0 Å². The molecule has 1 amide bonds. The average molecular weight is 327 g/mol. The van der Waals surface area contributed by atoms with Crippen molar-refractivity contribution in [3.05, 3.63) is 40.7 Å². The molecule has 0 saturated heterocycles. The maximum atomic E-state index is 11.9. The van der Waals surface area contributed by atoms with Crippen LogP contribution in [0.3, 0.4) is 0 Å². The van der Waals surface area contributed by atoms with Gasteiger partial charge >= 0.3 is 0 Å². The molecule has 7 heteroatoms. The molecule has 0 atom stereocenters. The first kappa shape index (κ1) is 15.7. The van der Waals surface area contributed by atoms with E-state index in [2.05, 4.69) is 10.5 Å². The third-order valence-electron chi connectivity index (χ3n) is 2.59. The lowest BCUT2D eigenvalue weighted by Crippen LogP contribution is -2.14. The van der Waals surface area contributed by atoms with Gasteiger partial charge in [-0.05, 0) is 25.1 Å². The van der Waals surface area contributed by atoms with Gasteiger partial charge in [0.25, 0.3) is 0 Å². The lowest BCUT2D eigenvalue weighted by Gasteiger charge is -2.10. The van der Waals surface area contributed by atoms with Gasteiger partial charge in [0.2, 0.25) is 5.91 Å². The summed E-state index contributed by atoms with van der Waals surface area (Å²) in [4.78, 5) is 11.9. The minimum Gasteiger partial charge on any atom is -0.495 e. The van der Waals surface area contributed by atoms with Crippen molar-refractivity contribution in [1.82, 2.24) is 5.16 Å². The van der Waals surface area contributed by atoms with Gasteiger partial charge < -0.3 is 14.6 Å². The predicted molar refractivity (Wildman–Crippen MR) is 84.0 cm³/mol. The fourth-order valence-electron chi connectivity index (χ4n) is 1.69. The number of ether oxygens (including phenoxy) is 1. The van der Waals surface area contributed by atoms with Crippen molar-refractivity contribution in [3.8, 4) is 5.75 Å². The number of thioether (sulfide) groups is 1. The number of benzene rings is 1. The molecule has 21 heavy (non-hydrogen) atoms. The molecule has 0 radical (unpaired) electrons. The van der Waals surface area contributed by atoms with Crippen LogP contribution in [0.25, 0.3) is 0 Å². The fraction of sp³-hybridized carbons (Fsp3) is 0.286. The quantitative estimate of drug-likeness (QED) is 0.880. The number of aryl methyl sites for hydroxylation is 1. The highest BCUT2D eigenvalue weighted by Crippen LogP contribution is 2.27. The zero-order valence-corrected chi connectivity index (χ0v) is 13.3. The highest BCUT2D eigenvalue weighted by Gasteiger charge is 2.09. The van der Waals surface area contributed by atoms with Crippen LogP contribution in [-0.2, 0) is 10.5 Å². The average Bonchev–Trinajstić information content (AvgIpc) is 2.85.